The number of hydrogen-bond acceptors (Lipinski definition) is 2. The van der Waals surface area contributed by atoms with Crippen LogP contribution in [0, 0.1) is 12.7 Å². The largest absolute Gasteiger partial charge is 0.496 e. The topological polar surface area (TPSA) is 51.5 Å². The van der Waals surface area contributed by atoms with Gasteiger partial charge in [0.25, 0.3) is 0 Å². The number of hydrogen-bond donors (Lipinski definition) is 1. The van der Waals surface area contributed by atoms with E-state index in [4.69, 9.17) is 4.74 Å². The highest BCUT2D eigenvalue weighted by Crippen LogP contribution is 2.47. The zero-order valence-corrected chi connectivity index (χ0v) is 19.1. The average Bonchev–Trinajstić information content (AvgIpc) is 3.11. The Bertz CT molecular complexity index is 1210. The van der Waals surface area contributed by atoms with Crippen LogP contribution in [-0.2, 0) is 4.79 Å². The number of allylic oxidation sites excluding steroid dienone is 1. The molecule has 4 rings (SSSR count). The molecule has 5 heteroatoms. The Morgan fingerprint density at radius 3 is 2.72 bits per heavy atom. The lowest BCUT2D eigenvalue weighted by atomic mass is 9.78. The fourth-order valence-electron chi connectivity index (χ4n) is 5.20. The molecule has 4 nitrogen and oxygen atoms in total. The summed E-state index contributed by atoms with van der Waals surface area (Å²) >= 11 is 0. The summed E-state index contributed by atoms with van der Waals surface area (Å²) in [6.07, 6.45) is 4.88. The number of fused-ring (bicyclic) bond motifs is 1. The molecule has 32 heavy (non-hydrogen) atoms. The van der Waals surface area contributed by atoms with E-state index in [-0.39, 0.29) is 17.7 Å². The molecule has 1 fully saturated rings. The minimum atomic E-state index is -0.883. The molecule has 0 aliphatic heterocycles. The van der Waals surface area contributed by atoms with Gasteiger partial charge in [0.1, 0.15) is 11.6 Å². The number of ether oxygens (including phenoxy) is 1. The van der Waals surface area contributed by atoms with Crippen LogP contribution in [0.3, 0.4) is 0 Å². The van der Waals surface area contributed by atoms with E-state index in [0.29, 0.717) is 5.56 Å². The lowest BCUT2D eigenvalue weighted by molar-refractivity contribution is -0.131. The third-order valence-corrected chi connectivity index (χ3v) is 6.49. The Morgan fingerprint density at radius 2 is 2.06 bits per heavy atom. The molecule has 168 valence electrons. The Balaban J connectivity index is 2.03. The first kappa shape index (κ1) is 22.1. The van der Waals surface area contributed by atoms with Crippen molar-refractivity contribution in [1.29, 1.82) is 0 Å². The van der Waals surface area contributed by atoms with Crippen LogP contribution >= 0.6 is 0 Å². The van der Waals surface area contributed by atoms with Crippen LogP contribution in [0.4, 0.5) is 4.39 Å². The minimum absolute atomic E-state index is 0.202. The van der Waals surface area contributed by atoms with E-state index in [1.807, 2.05) is 24.3 Å². The van der Waals surface area contributed by atoms with E-state index < -0.39 is 5.97 Å². The van der Waals surface area contributed by atoms with Gasteiger partial charge in [0, 0.05) is 22.8 Å². The molecule has 0 amide bonds. The summed E-state index contributed by atoms with van der Waals surface area (Å²) in [5, 5.41) is 10.4. The molecule has 2 aromatic carbocycles. The molecule has 1 heterocycles. The molecule has 1 aromatic heterocycles. The smallest absolute Gasteiger partial charge is 0.328 e. The van der Waals surface area contributed by atoms with E-state index in [0.717, 1.165) is 53.6 Å². The number of benzene rings is 2. The van der Waals surface area contributed by atoms with Crippen molar-refractivity contribution in [3.05, 3.63) is 70.7 Å². The van der Waals surface area contributed by atoms with Gasteiger partial charge in [-0.1, -0.05) is 25.5 Å². The second-order valence-corrected chi connectivity index (χ2v) is 9.01. The molecule has 1 saturated carbocycles. The molecule has 1 aliphatic rings. The second-order valence-electron chi connectivity index (χ2n) is 9.01. The van der Waals surface area contributed by atoms with Gasteiger partial charge in [-0.3, -0.25) is 0 Å². The zero-order chi connectivity index (χ0) is 23.0. The van der Waals surface area contributed by atoms with Gasteiger partial charge in [-0.05, 0) is 85.9 Å². The van der Waals surface area contributed by atoms with Gasteiger partial charge < -0.3 is 14.4 Å². The highest BCUT2D eigenvalue weighted by molar-refractivity contribution is 5.93. The zero-order valence-electron chi connectivity index (χ0n) is 19.1. The van der Waals surface area contributed by atoms with Crippen LogP contribution in [0.1, 0.15) is 68.2 Å². The highest BCUT2D eigenvalue weighted by Gasteiger charge is 2.30. The van der Waals surface area contributed by atoms with Crippen LogP contribution in [0.2, 0.25) is 0 Å². The van der Waals surface area contributed by atoms with Crippen molar-refractivity contribution in [3.63, 3.8) is 0 Å². The first-order chi connectivity index (χ1) is 15.3. The van der Waals surface area contributed by atoms with E-state index in [2.05, 4.69) is 24.5 Å². The molecule has 0 bridgehead atoms. The van der Waals surface area contributed by atoms with E-state index in [9.17, 15) is 14.3 Å². The Kier molecular flexibility index (Phi) is 6.09. The molecule has 1 N–H and O–H groups in total. The molecule has 1 aliphatic carbocycles. The number of carboxylic acid groups (broad SMARTS) is 1. The number of methoxy groups -OCH3 is 1. The number of rotatable bonds is 5. The van der Waals surface area contributed by atoms with Crippen LogP contribution in [0.15, 0.2) is 48.0 Å². The molecule has 3 aromatic rings. The molecule has 1 unspecified atom stereocenters. The van der Waals surface area contributed by atoms with E-state index in [1.54, 1.807) is 14.0 Å². The lowest BCUT2D eigenvalue weighted by Crippen LogP contribution is -2.12. The second kappa shape index (κ2) is 8.81. The van der Waals surface area contributed by atoms with Gasteiger partial charge in [-0.15, -0.1) is 0 Å². The van der Waals surface area contributed by atoms with E-state index in [1.165, 1.54) is 23.4 Å². The van der Waals surface area contributed by atoms with Gasteiger partial charge in [0.15, 0.2) is 0 Å². The SMILES string of the molecule is COc1cccc2c1c(C1CCC/C(=C\C(=O)O)C1)c(C(C)C)n2-c1ccc(F)c(C)c1. The summed E-state index contributed by atoms with van der Waals surface area (Å²) in [4.78, 5) is 11.3. The van der Waals surface area contributed by atoms with Crippen molar-refractivity contribution >= 4 is 16.9 Å². The summed E-state index contributed by atoms with van der Waals surface area (Å²) in [6.45, 7) is 6.13. The van der Waals surface area contributed by atoms with Gasteiger partial charge in [-0.2, -0.15) is 0 Å². The monoisotopic (exact) mass is 435 g/mol. The maximum Gasteiger partial charge on any atom is 0.328 e. The van der Waals surface area contributed by atoms with Crippen molar-refractivity contribution < 1.29 is 19.0 Å². The highest BCUT2D eigenvalue weighted by atomic mass is 19.1. The standard InChI is InChI=1S/C27H30FNO3/c1-16(2)27-25(19-8-5-7-18(14-19)15-24(30)31)26-22(9-6-10-23(26)32-4)29(27)20-11-12-21(28)17(3)13-20/h6,9-13,15-16,19H,5,7-8,14H2,1-4H3,(H,30,31)/b18-15+. The maximum absolute atomic E-state index is 14.1. The Morgan fingerprint density at radius 1 is 1.28 bits per heavy atom. The summed E-state index contributed by atoms with van der Waals surface area (Å²) in [7, 11) is 1.68. The quantitative estimate of drug-likeness (QED) is 0.445. The minimum Gasteiger partial charge on any atom is -0.496 e. The first-order valence-corrected chi connectivity index (χ1v) is 11.2. The van der Waals surface area contributed by atoms with Crippen LogP contribution in [0.5, 0.6) is 5.75 Å². The number of aryl methyl sites for hydroxylation is 1. The van der Waals surface area contributed by atoms with Gasteiger partial charge in [-0.25, -0.2) is 9.18 Å². The fraction of sp³-hybridized carbons (Fsp3) is 0.370. The van der Waals surface area contributed by atoms with Gasteiger partial charge >= 0.3 is 5.97 Å². The predicted octanol–water partition coefficient (Wildman–Crippen LogP) is 6.88. The van der Waals surface area contributed by atoms with Gasteiger partial charge in [0.05, 0.1) is 12.6 Å². The number of aliphatic carboxylic acids is 1. The number of nitrogens with zero attached hydrogens (tertiary/aromatic N) is 1. The Labute approximate surface area is 188 Å². The molecular formula is C27H30FNO3. The molecular weight excluding hydrogens is 405 g/mol. The first-order valence-electron chi connectivity index (χ1n) is 11.2. The number of aromatic nitrogens is 1. The summed E-state index contributed by atoms with van der Waals surface area (Å²) in [6, 6.07) is 11.3. The third kappa shape index (κ3) is 3.92. The van der Waals surface area contributed by atoms with Crippen molar-refractivity contribution in [2.75, 3.05) is 7.11 Å². The molecule has 1 atom stereocenters. The average molecular weight is 436 g/mol. The fourth-order valence-corrected chi connectivity index (χ4v) is 5.20. The predicted molar refractivity (Wildman–Crippen MR) is 126 cm³/mol. The van der Waals surface area contributed by atoms with Crippen molar-refractivity contribution in [2.24, 2.45) is 0 Å². The third-order valence-electron chi connectivity index (χ3n) is 6.49. The summed E-state index contributed by atoms with van der Waals surface area (Å²) < 4.78 is 22.1. The van der Waals surface area contributed by atoms with Crippen LogP contribution in [-0.4, -0.2) is 22.8 Å². The maximum atomic E-state index is 14.1. The Hall–Kier alpha value is -3.08. The number of halogens is 1. The summed E-state index contributed by atoms with van der Waals surface area (Å²) in [5.41, 5.74) is 5.95. The van der Waals surface area contributed by atoms with Crippen LogP contribution in [0.25, 0.3) is 16.6 Å². The van der Waals surface area contributed by atoms with Gasteiger partial charge in [0.2, 0.25) is 0 Å². The lowest BCUT2D eigenvalue weighted by Gasteiger charge is -2.27. The normalized spacial score (nSPS) is 17.9. The molecule has 0 spiro atoms. The van der Waals surface area contributed by atoms with Crippen molar-refractivity contribution in [3.8, 4) is 11.4 Å². The van der Waals surface area contributed by atoms with Crippen molar-refractivity contribution in [2.45, 2.75) is 58.3 Å². The number of carbonyl (C=O) groups is 1. The number of carboxylic acids is 1. The molecule has 0 radical (unpaired) electrons. The molecule has 0 saturated heterocycles. The van der Waals surface area contributed by atoms with Crippen LogP contribution < -0.4 is 4.74 Å². The van der Waals surface area contributed by atoms with Crippen molar-refractivity contribution in [1.82, 2.24) is 4.57 Å². The van der Waals surface area contributed by atoms with E-state index >= 15 is 0 Å². The summed E-state index contributed by atoms with van der Waals surface area (Å²) in [5.74, 6) is 0.123.